The molecule has 0 aliphatic heterocycles. The van der Waals surface area contributed by atoms with Gasteiger partial charge in [-0.2, -0.15) is 0 Å². The van der Waals surface area contributed by atoms with E-state index in [0.29, 0.717) is 25.7 Å². The molecule has 0 rings (SSSR count). The Balaban J connectivity index is 5.20. The van der Waals surface area contributed by atoms with Crippen molar-refractivity contribution in [2.24, 2.45) is 11.8 Å². The van der Waals surface area contributed by atoms with Crippen LogP contribution < -0.4 is 0 Å². The average molecular weight is 1140 g/mol. The van der Waals surface area contributed by atoms with Crippen molar-refractivity contribution < 1.29 is 80.2 Å². The molecule has 0 aromatic carbocycles. The fraction of sp³-hybridized carbons (Fsp3) is 0.931. The number of hydrogen-bond acceptors (Lipinski definition) is 15. The first-order valence-electron chi connectivity index (χ1n) is 30.6. The third-order valence-corrected chi connectivity index (χ3v) is 15.8. The van der Waals surface area contributed by atoms with E-state index in [9.17, 15) is 43.2 Å². The fourth-order valence-corrected chi connectivity index (χ4v) is 9.99. The predicted molar refractivity (Wildman–Crippen MR) is 303 cm³/mol. The van der Waals surface area contributed by atoms with Crippen LogP contribution in [0.2, 0.25) is 0 Å². The van der Waals surface area contributed by atoms with Crippen LogP contribution >= 0.6 is 15.6 Å². The van der Waals surface area contributed by atoms with Gasteiger partial charge in [-0.15, -0.1) is 0 Å². The summed E-state index contributed by atoms with van der Waals surface area (Å²) in [5.74, 6) is -0.610. The third kappa shape index (κ3) is 50.7. The first kappa shape index (κ1) is 75.1. The number of aliphatic hydroxyl groups is 1. The molecule has 17 nitrogen and oxygen atoms in total. The summed E-state index contributed by atoms with van der Waals surface area (Å²) in [4.78, 5) is 71.6. The van der Waals surface area contributed by atoms with Gasteiger partial charge in [-0.1, -0.05) is 228 Å². The largest absolute Gasteiger partial charge is 0.472 e. The normalized spacial score (nSPS) is 15.2. The Morgan fingerprint density at radius 3 is 0.922 bits per heavy atom. The van der Waals surface area contributed by atoms with Crippen LogP contribution in [-0.4, -0.2) is 96.7 Å². The SMILES string of the molecule is CCCCCCCCCCC(=O)O[C@H](COC(=O)CCCCCCC)COP(=O)(O)OC[C@H](O)COP(=O)(O)OC[C@@H](COC(=O)CCCCCCCCCCC(C)CC)OC(=O)CCCCCCCCCCC(C)CC. The highest BCUT2D eigenvalue weighted by molar-refractivity contribution is 7.47. The smallest absolute Gasteiger partial charge is 0.462 e. The van der Waals surface area contributed by atoms with Gasteiger partial charge in [0.25, 0.3) is 0 Å². The van der Waals surface area contributed by atoms with Crippen LogP contribution in [0.25, 0.3) is 0 Å². The number of phosphoric acid groups is 2. The summed E-state index contributed by atoms with van der Waals surface area (Å²) in [5.41, 5.74) is 0. The van der Waals surface area contributed by atoms with Crippen LogP contribution in [0.3, 0.4) is 0 Å². The van der Waals surface area contributed by atoms with E-state index in [-0.39, 0.29) is 25.7 Å². The number of ether oxygens (including phenoxy) is 4. The van der Waals surface area contributed by atoms with Crippen LogP contribution in [-0.2, 0) is 65.4 Å². The zero-order valence-corrected chi connectivity index (χ0v) is 51.0. The van der Waals surface area contributed by atoms with Crippen molar-refractivity contribution in [1.29, 1.82) is 0 Å². The van der Waals surface area contributed by atoms with E-state index < -0.39 is 97.5 Å². The number of phosphoric ester groups is 2. The molecule has 456 valence electrons. The quantitative estimate of drug-likeness (QED) is 0.0222. The molecule has 0 aromatic heterocycles. The number of unbranched alkanes of at least 4 members (excludes halogenated alkanes) is 25. The lowest BCUT2D eigenvalue weighted by Crippen LogP contribution is -2.30. The van der Waals surface area contributed by atoms with Crippen molar-refractivity contribution in [1.82, 2.24) is 0 Å². The van der Waals surface area contributed by atoms with E-state index in [0.717, 1.165) is 115 Å². The number of esters is 4. The molecule has 0 amide bonds. The van der Waals surface area contributed by atoms with Gasteiger partial charge in [0, 0.05) is 25.7 Å². The van der Waals surface area contributed by atoms with E-state index in [1.54, 1.807) is 0 Å². The Labute approximate surface area is 467 Å². The van der Waals surface area contributed by atoms with Crippen molar-refractivity contribution in [3.63, 3.8) is 0 Å². The summed E-state index contributed by atoms with van der Waals surface area (Å²) in [6, 6.07) is 0. The maximum Gasteiger partial charge on any atom is 0.472 e. The molecular formula is C58H112O17P2. The molecule has 0 aliphatic carbocycles. The van der Waals surface area contributed by atoms with Crippen molar-refractivity contribution in [2.75, 3.05) is 39.6 Å². The van der Waals surface area contributed by atoms with Crippen LogP contribution in [0.4, 0.5) is 0 Å². The Bertz CT molecular complexity index is 1540. The van der Waals surface area contributed by atoms with Crippen LogP contribution in [0.1, 0.15) is 279 Å². The number of rotatable bonds is 57. The molecule has 0 fully saturated rings. The molecule has 0 bridgehead atoms. The van der Waals surface area contributed by atoms with Gasteiger partial charge >= 0.3 is 39.5 Å². The molecule has 0 heterocycles. The Kier molecular flexibility index (Phi) is 49.7. The minimum atomic E-state index is -4.94. The molecule has 0 radical (unpaired) electrons. The van der Waals surface area contributed by atoms with E-state index >= 15 is 0 Å². The van der Waals surface area contributed by atoms with Crippen LogP contribution in [0.5, 0.6) is 0 Å². The lowest BCUT2D eigenvalue weighted by atomic mass is 9.99. The number of hydrogen-bond donors (Lipinski definition) is 3. The lowest BCUT2D eigenvalue weighted by molar-refractivity contribution is -0.161. The number of aliphatic hydroxyl groups excluding tert-OH is 1. The maximum absolute atomic E-state index is 12.9. The first-order chi connectivity index (χ1) is 36.9. The molecule has 19 heteroatoms. The van der Waals surface area contributed by atoms with Crippen LogP contribution in [0, 0.1) is 11.8 Å². The highest BCUT2D eigenvalue weighted by Crippen LogP contribution is 2.45. The predicted octanol–water partition coefficient (Wildman–Crippen LogP) is 15.3. The Hall–Kier alpha value is -1.94. The molecule has 77 heavy (non-hydrogen) atoms. The van der Waals surface area contributed by atoms with Crippen molar-refractivity contribution >= 4 is 39.5 Å². The summed E-state index contributed by atoms with van der Waals surface area (Å²) < 4.78 is 67.5. The van der Waals surface area contributed by atoms with Crippen molar-refractivity contribution in [3.05, 3.63) is 0 Å². The van der Waals surface area contributed by atoms with E-state index in [1.165, 1.54) is 83.5 Å². The lowest BCUT2D eigenvalue weighted by Gasteiger charge is -2.21. The summed E-state index contributed by atoms with van der Waals surface area (Å²) in [6.07, 6.45) is 31.0. The highest BCUT2D eigenvalue weighted by atomic mass is 31.2. The molecule has 0 spiro atoms. The number of carbonyl (C=O) groups excluding carboxylic acids is 4. The molecule has 3 N–H and O–H groups in total. The second kappa shape index (κ2) is 51.0. The maximum atomic E-state index is 12.9. The molecule has 7 atom stereocenters. The third-order valence-electron chi connectivity index (χ3n) is 13.9. The molecule has 0 saturated heterocycles. The number of carbonyl (C=O) groups is 4. The second-order valence-corrected chi connectivity index (χ2v) is 24.4. The van der Waals surface area contributed by atoms with E-state index in [1.807, 2.05) is 0 Å². The average Bonchev–Trinajstić information content (AvgIpc) is 3.40. The zero-order chi connectivity index (χ0) is 57.3. The topological polar surface area (TPSA) is 237 Å². The monoisotopic (exact) mass is 1140 g/mol. The van der Waals surface area contributed by atoms with Crippen LogP contribution in [0.15, 0.2) is 0 Å². The first-order valence-corrected chi connectivity index (χ1v) is 33.6. The van der Waals surface area contributed by atoms with E-state index in [4.69, 9.17) is 37.0 Å². The van der Waals surface area contributed by atoms with Gasteiger partial charge in [0.15, 0.2) is 12.2 Å². The summed E-state index contributed by atoms with van der Waals surface area (Å²) >= 11 is 0. The minimum Gasteiger partial charge on any atom is -0.462 e. The molecule has 0 aliphatic rings. The Morgan fingerprint density at radius 1 is 0.364 bits per heavy atom. The highest BCUT2D eigenvalue weighted by Gasteiger charge is 2.30. The van der Waals surface area contributed by atoms with Crippen molar-refractivity contribution in [3.8, 4) is 0 Å². The molecule has 0 aromatic rings. The summed E-state index contributed by atoms with van der Waals surface area (Å²) in [5, 5.41) is 10.5. The van der Waals surface area contributed by atoms with Gasteiger partial charge in [-0.25, -0.2) is 9.13 Å². The zero-order valence-electron chi connectivity index (χ0n) is 49.2. The van der Waals surface area contributed by atoms with Gasteiger partial charge in [-0.3, -0.25) is 37.3 Å². The van der Waals surface area contributed by atoms with Gasteiger partial charge in [0.05, 0.1) is 26.4 Å². The molecule has 4 unspecified atom stereocenters. The fourth-order valence-electron chi connectivity index (χ4n) is 8.41. The van der Waals surface area contributed by atoms with Crippen molar-refractivity contribution in [2.45, 2.75) is 297 Å². The Morgan fingerprint density at radius 2 is 0.623 bits per heavy atom. The van der Waals surface area contributed by atoms with Gasteiger partial charge in [0.2, 0.25) is 0 Å². The summed E-state index contributed by atoms with van der Waals surface area (Å²) in [7, 11) is -9.86. The van der Waals surface area contributed by atoms with E-state index in [2.05, 4.69) is 41.5 Å². The van der Waals surface area contributed by atoms with Gasteiger partial charge in [0.1, 0.15) is 19.3 Å². The van der Waals surface area contributed by atoms with Gasteiger partial charge in [-0.05, 0) is 37.5 Å². The minimum absolute atomic E-state index is 0.103. The summed E-state index contributed by atoms with van der Waals surface area (Å²) in [6.45, 7) is 9.33. The van der Waals surface area contributed by atoms with Gasteiger partial charge < -0.3 is 33.8 Å². The standard InChI is InChI=1S/C58H112O17P2/c1-7-11-13-15-16-23-30-36-42-57(62)74-53(46-68-55(60)40-34-26-14-12-8-2)48-72-76(64,65)70-44-52(59)45-71-77(66,67)73-49-54(75-58(63)43-37-31-25-20-18-22-28-33-39-51(6)10-4)47-69-56(61)41-35-29-24-19-17-21-27-32-38-50(5)9-3/h50-54,59H,7-49H2,1-6H3,(H,64,65)(H,66,67)/t50?,51?,52-,53+,54+/m0/s1. The molecule has 0 saturated carbocycles. The molecular weight excluding hydrogens is 1030 g/mol. The second-order valence-electron chi connectivity index (χ2n) is 21.5.